The third-order valence-corrected chi connectivity index (χ3v) is 3.40. The lowest BCUT2D eigenvalue weighted by Crippen LogP contribution is -2.17. The van der Waals surface area contributed by atoms with Crippen molar-refractivity contribution >= 4 is 23.3 Å². The SMILES string of the molecule is Cc1cn2cc(NC(=O)/C=C/c3ccccc3OC(F)(F)F)ccc2n1. The molecule has 0 aliphatic carbocycles. The number of carbonyl (C=O) groups is 1. The molecule has 3 aromatic rings. The number of anilines is 1. The molecule has 0 spiro atoms. The van der Waals surface area contributed by atoms with Gasteiger partial charge in [-0.15, -0.1) is 13.2 Å². The fourth-order valence-corrected chi connectivity index (χ4v) is 2.38. The van der Waals surface area contributed by atoms with E-state index in [0.29, 0.717) is 5.69 Å². The van der Waals surface area contributed by atoms with Gasteiger partial charge in [0, 0.05) is 24.0 Å². The second-order valence-electron chi connectivity index (χ2n) is 5.47. The van der Waals surface area contributed by atoms with Crippen LogP contribution in [0.25, 0.3) is 11.7 Å². The van der Waals surface area contributed by atoms with Gasteiger partial charge in [0.05, 0.1) is 11.4 Å². The first-order valence-electron chi connectivity index (χ1n) is 7.59. The van der Waals surface area contributed by atoms with E-state index in [1.54, 1.807) is 28.8 Å². The Hall–Kier alpha value is -3.29. The van der Waals surface area contributed by atoms with Crippen molar-refractivity contribution in [2.75, 3.05) is 5.32 Å². The van der Waals surface area contributed by atoms with E-state index >= 15 is 0 Å². The van der Waals surface area contributed by atoms with Crippen molar-refractivity contribution in [3.05, 3.63) is 66.1 Å². The van der Waals surface area contributed by atoms with Crippen LogP contribution in [0.2, 0.25) is 0 Å². The second-order valence-corrected chi connectivity index (χ2v) is 5.47. The number of alkyl halides is 3. The first kappa shape index (κ1) is 17.5. The molecule has 0 radical (unpaired) electrons. The van der Waals surface area contributed by atoms with Crippen LogP contribution in [0.5, 0.6) is 5.75 Å². The molecule has 1 N–H and O–H groups in total. The number of carbonyl (C=O) groups excluding carboxylic acids is 1. The number of benzene rings is 1. The van der Waals surface area contributed by atoms with Crippen molar-refractivity contribution in [3.63, 3.8) is 0 Å². The molecule has 8 heteroatoms. The molecule has 1 amide bonds. The minimum atomic E-state index is -4.80. The Morgan fingerprint density at radius 3 is 2.73 bits per heavy atom. The number of hydrogen-bond donors (Lipinski definition) is 1. The summed E-state index contributed by atoms with van der Waals surface area (Å²) in [5, 5.41) is 2.64. The van der Waals surface area contributed by atoms with E-state index in [1.807, 2.05) is 13.1 Å². The highest BCUT2D eigenvalue weighted by molar-refractivity contribution is 6.02. The van der Waals surface area contributed by atoms with Gasteiger partial charge in [0.2, 0.25) is 5.91 Å². The Labute approximate surface area is 146 Å². The highest BCUT2D eigenvalue weighted by Gasteiger charge is 2.31. The van der Waals surface area contributed by atoms with Crippen molar-refractivity contribution in [1.82, 2.24) is 9.38 Å². The molecule has 3 rings (SSSR count). The van der Waals surface area contributed by atoms with Gasteiger partial charge >= 0.3 is 6.36 Å². The molecule has 2 heterocycles. The molecule has 0 unspecified atom stereocenters. The van der Waals surface area contributed by atoms with Crippen LogP contribution in [0.1, 0.15) is 11.3 Å². The first-order valence-corrected chi connectivity index (χ1v) is 7.59. The summed E-state index contributed by atoms with van der Waals surface area (Å²) in [5.74, 6) is -0.859. The number of pyridine rings is 1. The maximum absolute atomic E-state index is 12.4. The molecule has 0 atom stereocenters. The van der Waals surface area contributed by atoms with E-state index in [2.05, 4.69) is 15.0 Å². The zero-order valence-electron chi connectivity index (χ0n) is 13.6. The van der Waals surface area contributed by atoms with Crippen LogP contribution >= 0.6 is 0 Å². The van der Waals surface area contributed by atoms with Crippen LogP contribution < -0.4 is 10.1 Å². The molecule has 0 saturated heterocycles. The molecule has 0 saturated carbocycles. The molecule has 0 aliphatic rings. The molecule has 26 heavy (non-hydrogen) atoms. The minimum Gasteiger partial charge on any atom is -0.405 e. The molecule has 5 nitrogen and oxygen atoms in total. The van der Waals surface area contributed by atoms with E-state index in [-0.39, 0.29) is 11.3 Å². The smallest absolute Gasteiger partial charge is 0.405 e. The number of ether oxygens (including phenoxy) is 1. The number of hydrogen-bond acceptors (Lipinski definition) is 3. The van der Waals surface area contributed by atoms with Crippen LogP contribution in [0, 0.1) is 6.92 Å². The fraction of sp³-hybridized carbons (Fsp3) is 0.111. The Bertz CT molecular complexity index is 977. The van der Waals surface area contributed by atoms with E-state index in [9.17, 15) is 18.0 Å². The molecular formula is C18H14F3N3O2. The monoisotopic (exact) mass is 361 g/mol. The summed E-state index contributed by atoms with van der Waals surface area (Å²) in [7, 11) is 0. The maximum Gasteiger partial charge on any atom is 0.573 e. The topological polar surface area (TPSA) is 55.6 Å². The molecule has 1 aromatic carbocycles. The quantitative estimate of drug-likeness (QED) is 0.709. The van der Waals surface area contributed by atoms with Gasteiger partial charge in [-0.2, -0.15) is 0 Å². The normalized spacial score (nSPS) is 11.8. The van der Waals surface area contributed by atoms with Crippen molar-refractivity contribution in [1.29, 1.82) is 0 Å². The van der Waals surface area contributed by atoms with Crippen LogP contribution in [-0.2, 0) is 4.79 Å². The van der Waals surface area contributed by atoms with Crippen LogP contribution in [0.4, 0.5) is 18.9 Å². The number of aryl methyl sites for hydroxylation is 1. The number of fused-ring (bicyclic) bond motifs is 1. The summed E-state index contributed by atoms with van der Waals surface area (Å²) < 4.78 is 42.9. The molecular weight excluding hydrogens is 347 g/mol. The predicted octanol–water partition coefficient (Wildman–Crippen LogP) is 4.19. The lowest BCUT2D eigenvalue weighted by atomic mass is 10.2. The number of rotatable bonds is 4. The van der Waals surface area contributed by atoms with Crippen molar-refractivity contribution in [2.24, 2.45) is 0 Å². The lowest BCUT2D eigenvalue weighted by Gasteiger charge is -2.11. The average Bonchev–Trinajstić information content (AvgIpc) is 2.92. The molecule has 134 valence electrons. The number of halogens is 3. The van der Waals surface area contributed by atoms with E-state index in [0.717, 1.165) is 17.4 Å². The van der Waals surface area contributed by atoms with Crippen molar-refractivity contribution < 1.29 is 22.7 Å². The zero-order valence-corrected chi connectivity index (χ0v) is 13.6. The largest absolute Gasteiger partial charge is 0.573 e. The van der Waals surface area contributed by atoms with Crippen LogP contribution in [0.15, 0.2) is 54.9 Å². The number of nitrogens with zero attached hydrogens (tertiary/aromatic N) is 2. The Morgan fingerprint density at radius 2 is 1.96 bits per heavy atom. The Balaban J connectivity index is 1.73. The van der Waals surface area contributed by atoms with E-state index in [1.165, 1.54) is 24.3 Å². The van der Waals surface area contributed by atoms with Gasteiger partial charge in [-0.3, -0.25) is 4.79 Å². The van der Waals surface area contributed by atoms with Gasteiger partial charge in [-0.1, -0.05) is 18.2 Å². The highest BCUT2D eigenvalue weighted by atomic mass is 19.4. The first-order chi connectivity index (χ1) is 12.3. The van der Waals surface area contributed by atoms with Gasteiger partial charge in [0.25, 0.3) is 0 Å². The minimum absolute atomic E-state index is 0.140. The lowest BCUT2D eigenvalue weighted by molar-refractivity contribution is -0.274. The molecule has 0 bridgehead atoms. The standard InChI is InChI=1S/C18H14F3N3O2/c1-12-10-24-11-14(7-8-16(24)22-12)23-17(25)9-6-13-4-2-3-5-15(13)26-18(19,20)21/h2-11H,1H3,(H,23,25)/b9-6+. The maximum atomic E-state index is 12.4. The number of para-hydroxylation sites is 1. The Morgan fingerprint density at radius 1 is 1.19 bits per heavy atom. The Kier molecular flexibility index (Phi) is 4.66. The van der Waals surface area contributed by atoms with Gasteiger partial charge in [0.15, 0.2) is 0 Å². The highest BCUT2D eigenvalue weighted by Crippen LogP contribution is 2.27. The van der Waals surface area contributed by atoms with Crippen molar-refractivity contribution in [3.8, 4) is 5.75 Å². The zero-order chi connectivity index (χ0) is 18.7. The molecule has 0 aliphatic heterocycles. The van der Waals surface area contributed by atoms with Crippen molar-refractivity contribution in [2.45, 2.75) is 13.3 Å². The number of imidazole rings is 1. The summed E-state index contributed by atoms with van der Waals surface area (Å²) in [6, 6.07) is 9.01. The van der Waals surface area contributed by atoms with Gasteiger partial charge in [-0.25, -0.2) is 4.98 Å². The average molecular weight is 361 g/mol. The van der Waals surface area contributed by atoms with Gasteiger partial charge in [-0.05, 0) is 31.2 Å². The molecule has 2 aromatic heterocycles. The van der Waals surface area contributed by atoms with E-state index < -0.39 is 12.3 Å². The van der Waals surface area contributed by atoms with Crippen LogP contribution in [-0.4, -0.2) is 21.7 Å². The number of amides is 1. The van der Waals surface area contributed by atoms with Gasteiger partial charge < -0.3 is 14.5 Å². The third kappa shape index (κ3) is 4.41. The third-order valence-electron chi connectivity index (χ3n) is 3.40. The number of aromatic nitrogens is 2. The fourth-order valence-electron chi connectivity index (χ4n) is 2.38. The summed E-state index contributed by atoms with van der Waals surface area (Å²) in [6.45, 7) is 1.86. The summed E-state index contributed by atoms with van der Waals surface area (Å²) in [6.07, 6.45) is 1.11. The summed E-state index contributed by atoms with van der Waals surface area (Å²) in [4.78, 5) is 16.3. The van der Waals surface area contributed by atoms with Crippen LogP contribution in [0.3, 0.4) is 0 Å². The van der Waals surface area contributed by atoms with Gasteiger partial charge in [0.1, 0.15) is 11.4 Å². The second kappa shape index (κ2) is 6.91. The summed E-state index contributed by atoms with van der Waals surface area (Å²) >= 11 is 0. The van der Waals surface area contributed by atoms with E-state index in [4.69, 9.17) is 0 Å². The molecule has 0 fully saturated rings. The predicted molar refractivity (Wildman–Crippen MR) is 90.7 cm³/mol. The summed E-state index contributed by atoms with van der Waals surface area (Å²) in [5.41, 5.74) is 2.26. The number of nitrogens with one attached hydrogen (secondary N) is 1.